The van der Waals surface area contributed by atoms with Crippen LogP contribution in [0.1, 0.15) is 16.1 Å². The second kappa shape index (κ2) is 5.25. The molecule has 104 valence electrons. The molecule has 4 nitrogen and oxygen atoms in total. The highest BCUT2D eigenvalue weighted by atomic mass is 16.1. The normalized spacial score (nSPS) is 10.5. The van der Waals surface area contributed by atoms with Crippen LogP contribution >= 0.6 is 0 Å². The van der Waals surface area contributed by atoms with Crippen LogP contribution in [0.25, 0.3) is 10.8 Å². The average Bonchev–Trinajstić information content (AvgIpc) is 2.49. The van der Waals surface area contributed by atoms with Crippen molar-refractivity contribution in [2.45, 2.75) is 6.92 Å². The van der Waals surface area contributed by atoms with Crippen LogP contribution in [0.15, 0.2) is 54.6 Å². The van der Waals surface area contributed by atoms with Crippen LogP contribution in [0.5, 0.6) is 0 Å². The van der Waals surface area contributed by atoms with Crippen LogP contribution in [0.3, 0.4) is 0 Å². The highest BCUT2D eigenvalue weighted by molar-refractivity contribution is 6.06. The van der Waals surface area contributed by atoms with Gasteiger partial charge in [0.05, 0.1) is 0 Å². The van der Waals surface area contributed by atoms with E-state index in [0.29, 0.717) is 11.5 Å². The third-order valence-corrected chi connectivity index (χ3v) is 3.31. The molecule has 0 fully saturated rings. The van der Waals surface area contributed by atoms with E-state index in [-0.39, 0.29) is 5.91 Å². The topological polar surface area (TPSA) is 68.0 Å². The smallest absolute Gasteiger partial charge is 0.274 e. The maximum atomic E-state index is 12.3. The Kier molecular flexibility index (Phi) is 3.28. The van der Waals surface area contributed by atoms with Gasteiger partial charge < -0.3 is 11.1 Å². The molecule has 0 saturated heterocycles. The first-order valence-electron chi connectivity index (χ1n) is 6.67. The molecule has 0 bridgehead atoms. The van der Waals surface area contributed by atoms with Crippen molar-refractivity contribution in [3.8, 4) is 0 Å². The molecule has 3 N–H and O–H groups in total. The van der Waals surface area contributed by atoms with E-state index in [2.05, 4.69) is 10.3 Å². The van der Waals surface area contributed by atoms with E-state index in [1.165, 1.54) is 0 Å². The highest BCUT2D eigenvalue weighted by Crippen LogP contribution is 2.20. The van der Waals surface area contributed by atoms with E-state index in [0.717, 1.165) is 22.0 Å². The summed E-state index contributed by atoms with van der Waals surface area (Å²) < 4.78 is 0. The van der Waals surface area contributed by atoms with E-state index >= 15 is 0 Å². The molecule has 0 radical (unpaired) electrons. The first-order chi connectivity index (χ1) is 10.1. The van der Waals surface area contributed by atoms with Crippen LogP contribution < -0.4 is 11.1 Å². The van der Waals surface area contributed by atoms with Gasteiger partial charge in [-0.3, -0.25) is 4.79 Å². The predicted molar refractivity (Wildman–Crippen MR) is 85.3 cm³/mol. The number of nitrogen functional groups attached to an aromatic ring is 1. The number of hydrogen-bond acceptors (Lipinski definition) is 3. The number of benzene rings is 2. The minimum atomic E-state index is -0.267. The quantitative estimate of drug-likeness (QED) is 0.754. The van der Waals surface area contributed by atoms with E-state index in [9.17, 15) is 4.79 Å². The molecular formula is C17H15N3O. The summed E-state index contributed by atoms with van der Waals surface area (Å²) in [4.78, 5) is 16.4. The van der Waals surface area contributed by atoms with Gasteiger partial charge in [-0.25, -0.2) is 4.98 Å². The minimum absolute atomic E-state index is 0.267. The molecule has 1 amide bonds. The number of rotatable bonds is 2. The number of carbonyl (C=O) groups excluding carboxylic acids is 1. The summed E-state index contributed by atoms with van der Waals surface area (Å²) in [5.74, 6) is 0.0958. The lowest BCUT2D eigenvalue weighted by Gasteiger charge is -2.07. The Morgan fingerprint density at radius 1 is 1.10 bits per heavy atom. The number of amides is 1. The van der Waals surface area contributed by atoms with Crippen LogP contribution in [0.4, 0.5) is 11.5 Å². The van der Waals surface area contributed by atoms with E-state index in [4.69, 9.17) is 5.73 Å². The number of fused-ring (bicyclic) bond motifs is 1. The van der Waals surface area contributed by atoms with Gasteiger partial charge in [0, 0.05) is 11.1 Å². The van der Waals surface area contributed by atoms with Gasteiger partial charge in [0.25, 0.3) is 5.91 Å². The lowest BCUT2D eigenvalue weighted by Crippen LogP contribution is -2.14. The first kappa shape index (κ1) is 13.1. The summed E-state index contributed by atoms with van der Waals surface area (Å²) in [6, 6.07) is 16.9. The fraction of sp³-hybridized carbons (Fsp3) is 0.0588. The highest BCUT2D eigenvalue weighted by Gasteiger charge is 2.10. The summed E-state index contributed by atoms with van der Waals surface area (Å²) in [6.45, 7) is 2.00. The van der Waals surface area contributed by atoms with Crippen molar-refractivity contribution in [2.24, 2.45) is 0 Å². The Morgan fingerprint density at radius 3 is 2.57 bits per heavy atom. The molecule has 1 heterocycles. The number of aryl methyl sites for hydroxylation is 1. The van der Waals surface area contributed by atoms with Gasteiger partial charge >= 0.3 is 0 Å². The van der Waals surface area contributed by atoms with Crippen LogP contribution in [-0.4, -0.2) is 10.9 Å². The number of nitrogens with one attached hydrogen (secondary N) is 1. The molecule has 1 aromatic heterocycles. The zero-order valence-electron chi connectivity index (χ0n) is 11.6. The van der Waals surface area contributed by atoms with Crippen molar-refractivity contribution in [1.82, 2.24) is 4.98 Å². The lowest BCUT2D eigenvalue weighted by atomic mass is 10.1. The Hall–Kier alpha value is -2.88. The van der Waals surface area contributed by atoms with Crippen molar-refractivity contribution >= 4 is 28.2 Å². The van der Waals surface area contributed by atoms with Gasteiger partial charge in [-0.05, 0) is 30.5 Å². The van der Waals surface area contributed by atoms with E-state index < -0.39 is 0 Å². The van der Waals surface area contributed by atoms with Gasteiger partial charge in [-0.1, -0.05) is 42.0 Å². The number of nitrogens with zero attached hydrogens (tertiary/aromatic N) is 1. The van der Waals surface area contributed by atoms with E-state index in [1.807, 2.05) is 55.5 Å². The van der Waals surface area contributed by atoms with Gasteiger partial charge in [-0.2, -0.15) is 0 Å². The maximum absolute atomic E-state index is 12.3. The van der Waals surface area contributed by atoms with Crippen molar-refractivity contribution in [1.29, 1.82) is 0 Å². The number of anilines is 2. The Labute approximate surface area is 122 Å². The second-order valence-electron chi connectivity index (χ2n) is 4.93. The van der Waals surface area contributed by atoms with Crippen molar-refractivity contribution < 1.29 is 4.79 Å². The van der Waals surface area contributed by atoms with Gasteiger partial charge in [0.1, 0.15) is 11.5 Å². The Bertz CT molecular complexity index is 810. The fourth-order valence-corrected chi connectivity index (χ4v) is 2.17. The molecule has 0 aliphatic heterocycles. The Balaban J connectivity index is 1.92. The third-order valence-electron chi connectivity index (χ3n) is 3.31. The zero-order chi connectivity index (χ0) is 14.8. The average molecular weight is 277 g/mol. The Morgan fingerprint density at radius 2 is 1.81 bits per heavy atom. The van der Waals surface area contributed by atoms with E-state index in [1.54, 1.807) is 6.07 Å². The number of hydrogen-bond donors (Lipinski definition) is 2. The van der Waals surface area contributed by atoms with Gasteiger partial charge in [0.2, 0.25) is 0 Å². The number of nitrogens with two attached hydrogens (primary N) is 1. The zero-order valence-corrected chi connectivity index (χ0v) is 11.6. The first-order valence-corrected chi connectivity index (χ1v) is 6.67. The van der Waals surface area contributed by atoms with Crippen LogP contribution in [-0.2, 0) is 0 Å². The van der Waals surface area contributed by atoms with Crippen molar-refractivity contribution in [3.05, 3.63) is 65.9 Å². The summed E-state index contributed by atoms with van der Waals surface area (Å²) >= 11 is 0. The van der Waals surface area contributed by atoms with Gasteiger partial charge in [-0.15, -0.1) is 0 Å². The molecule has 4 heteroatoms. The van der Waals surface area contributed by atoms with Crippen LogP contribution in [0, 0.1) is 6.92 Å². The monoisotopic (exact) mass is 277 g/mol. The van der Waals surface area contributed by atoms with Gasteiger partial charge in [0.15, 0.2) is 0 Å². The predicted octanol–water partition coefficient (Wildman–Crippen LogP) is 3.38. The molecule has 0 aliphatic rings. The molecule has 0 spiro atoms. The lowest BCUT2D eigenvalue weighted by molar-refractivity contribution is 0.102. The molecule has 2 aromatic carbocycles. The molecule has 0 unspecified atom stereocenters. The second-order valence-corrected chi connectivity index (χ2v) is 4.93. The molecule has 0 atom stereocenters. The maximum Gasteiger partial charge on any atom is 0.274 e. The summed E-state index contributed by atoms with van der Waals surface area (Å²) in [6.07, 6.45) is 0. The minimum Gasteiger partial charge on any atom is -0.383 e. The molecular weight excluding hydrogens is 262 g/mol. The number of carbonyl (C=O) groups is 1. The molecule has 3 rings (SSSR count). The molecule has 0 aliphatic carbocycles. The number of pyridine rings is 1. The van der Waals surface area contributed by atoms with Crippen molar-refractivity contribution in [2.75, 3.05) is 11.1 Å². The summed E-state index contributed by atoms with van der Waals surface area (Å²) in [5, 5.41) is 4.57. The summed E-state index contributed by atoms with van der Waals surface area (Å²) in [5.41, 5.74) is 8.10. The summed E-state index contributed by atoms with van der Waals surface area (Å²) in [7, 11) is 0. The number of aromatic nitrogens is 1. The third kappa shape index (κ3) is 2.69. The van der Waals surface area contributed by atoms with Crippen molar-refractivity contribution in [3.63, 3.8) is 0 Å². The largest absolute Gasteiger partial charge is 0.383 e. The molecule has 21 heavy (non-hydrogen) atoms. The molecule has 3 aromatic rings. The molecule has 0 saturated carbocycles. The SMILES string of the molecule is Cc1ccc(NC(=O)c2cc3ccccc3c(N)n2)cc1. The fourth-order valence-electron chi connectivity index (χ4n) is 2.17. The van der Waals surface area contributed by atoms with Crippen LogP contribution in [0.2, 0.25) is 0 Å². The standard InChI is InChI=1S/C17H15N3O/c1-11-6-8-13(9-7-11)19-17(21)15-10-12-4-2-3-5-14(12)16(18)20-15/h2-10H,1H3,(H2,18,20)(H,19,21).